The number of carbonyl (C=O) groups is 1. The number of carboxylic acid groups (broad SMARTS) is 1. The van der Waals surface area contributed by atoms with Crippen LogP contribution in [0.4, 0.5) is 0 Å². The number of hydrogen-bond donors (Lipinski definition) is 1. The first kappa shape index (κ1) is 13.1. The van der Waals surface area contributed by atoms with E-state index in [2.05, 4.69) is 0 Å². The standard InChI is InChI=1S/C16H16O3/c1-11(12-7-9-13(19-2)10-8-12)14-5-3-4-6-15(14)16(17)18/h3-11H,1-2H3,(H,17,18). The van der Waals surface area contributed by atoms with E-state index in [1.807, 2.05) is 43.3 Å². The van der Waals surface area contributed by atoms with Crippen molar-refractivity contribution in [3.8, 4) is 5.75 Å². The third-order valence-electron chi connectivity index (χ3n) is 3.27. The Kier molecular flexibility index (Phi) is 3.85. The normalized spacial score (nSPS) is 11.9. The fourth-order valence-corrected chi connectivity index (χ4v) is 2.14. The first-order chi connectivity index (χ1) is 9.13. The van der Waals surface area contributed by atoms with Crippen LogP contribution >= 0.6 is 0 Å². The molecule has 1 N–H and O–H groups in total. The summed E-state index contributed by atoms with van der Waals surface area (Å²) in [6, 6.07) is 14.8. The van der Waals surface area contributed by atoms with E-state index in [4.69, 9.17) is 4.74 Å². The number of hydrogen-bond acceptors (Lipinski definition) is 2. The molecule has 0 radical (unpaired) electrons. The molecule has 2 rings (SSSR count). The van der Waals surface area contributed by atoms with Gasteiger partial charge in [0, 0.05) is 5.92 Å². The van der Waals surface area contributed by atoms with Crippen molar-refractivity contribution in [2.45, 2.75) is 12.8 Å². The molecule has 0 aliphatic carbocycles. The van der Waals surface area contributed by atoms with Gasteiger partial charge in [0.15, 0.2) is 0 Å². The smallest absolute Gasteiger partial charge is 0.335 e. The highest BCUT2D eigenvalue weighted by Crippen LogP contribution is 2.28. The van der Waals surface area contributed by atoms with Crippen molar-refractivity contribution in [2.75, 3.05) is 7.11 Å². The highest BCUT2D eigenvalue weighted by molar-refractivity contribution is 5.89. The first-order valence-electron chi connectivity index (χ1n) is 6.09. The minimum Gasteiger partial charge on any atom is -0.497 e. The van der Waals surface area contributed by atoms with Crippen LogP contribution in [0.3, 0.4) is 0 Å². The molecule has 0 aromatic heterocycles. The molecule has 2 aromatic rings. The molecular formula is C16H16O3. The molecule has 19 heavy (non-hydrogen) atoms. The van der Waals surface area contributed by atoms with Crippen molar-refractivity contribution in [2.24, 2.45) is 0 Å². The number of methoxy groups -OCH3 is 1. The van der Waals surface area contributed by atoms with Crippen LogP contribution in [0.15, 0.2) is 48.5 Å². The predicted octanol–water partition coefficient (Wildman–Crippen LogP) is 3.55. The predicted molar refractivity (Wildman–Crippen MR) is 73.9 cm³/mol. The average molecular weight is 256 g/mol. The zero-order chi connectivity index (χ0) is 13.8. The summed E-state index contributed by atoms with van der Waals surface area (Å²) in [5.74, 6) is -0.0726. The third kappa shape index (κ3) is 2.76. The van der Waals surface area contributed by atoms with Gasteiger partial charge >= 0.3 is 5.97 Å². The summed E-state index contributed by atoms with van der Waals surface area (Å²) < 4.78 is 5.12. The maximum Gasteiger partial charge on any atom is 0.335 e. The monoisotopic (exact) mass is 256 g/mol. The van der Waals surface area contributed by atoms with Crippen molar-refractivity contribution < 1.29 is 14.6 Å². The number of aromatic carboxylic acids is 1. The molecule has 0 aliphatic rings. The van der Waals surface area contributed by atoms with E-state index in [9.17, 15) is 9.90 Å². The Balaban J connectivity index is 2.37. The van der Waals surface area contributed by atoms with Gasteiger partial charge in [-0.15, -0.1) is 0 Å². The molecule has 98 valence electrons. The van der Waals surface area contributed by atoms with Crippen molar-refractivity contribution in [1.82, 2.24) is 0 Å². The average Bonchev–Trinajstić information content (AvgIpc) is 2.46. The fraction of sp³-hybridized carbons (Fsp3) is 0.188. The Labute approximate surface area is 112 Å². The lowest BCUT2D eigenvalue weighted by molar-refractivity contribution is 0.0695. The number of carboxylic acids is 1. The lowest BCUT2D eigenvalue weighted by Crippen LogP contribution is -2.06. The lowest BCUT2D eigenvalue weighted by Gasteiger charge is -2.15. The van der Waals surface area contributed by atoms with Gasteiger partial charge in [-0.25, -0.2) is 4.79 Å². The molecule has 0 aliphatic heterocycles. The summed E-state index contributed by atoms with van der Waals surface area (Å²) >= 11 is 0. The van der Waals surface area contributed by atoms with Crippen molar-refractivity contribution in [3.63, 3.8) is 0 Å². The van der Waals surface area contributed by atoms with E-state index in [1.54, 1.807) is 19.2 Å². The quantitative estimate of drug-likeness (QED) is 0.910. The minimum absolute atomic E-state index is 0.0261. The van der Waals surface area contributed by atoms with E-state index in [1.165, 1.54) is 0 Å². The van der Waals surface area contributed by atoms with E-state index in [-0.39, 0.29) is 5.92 Å². The molecular weight excluding hydrogens is 240 g/mol. The largest absolute Gasteiger partial charge is 0.497 e. The second-order valence-electron chi connectivity index (χ2n) is 4.39. The summed E-state index contributed by atoms with van der Waals surface area (Å²) in [6.45, 7) is 2.00. The van der Waals surface area contributed by atoms with Gasteiger partial charge in [0.1, 0.15) is 5.75 Å². The molecule has 1 atom stereocenters. The van der Waals surface area contributed by atoms with E-state index < -0.39 is 5.97 Å². The SMILES string of the molecule is COc1ccc(C(C)c2ccccc2C(=O)O)cc1. The van der Waals surface area contributed by atoms with Gasteiger partial charge in [-0.3, -0.25) is 0 Å². The molecule has 0 saturated heterocycles. The summed E-state index contributed by atoms with van der Waals surface area (Å²) in [6.07, 6.45) is 0. The van der Waals surface area contributed by atoms with Crippen LogP contribution < -0.4 is 4.74 Å². The zero-order valence-corrected chi connectivity index (χ0v) is 11.0. The molecule has 0 bridgehead atoms. The summed E-state index contributed by atoms with van der Waals surface area (Å²) in [7, 11) is 1.62. The highest BCUT2D eigenvalue weighted by atomic mass is 16.5. The molecule has 1 unspecified atom stereocenters. The molecule has 2 aromatic carbocycles. The van der Waals surface area contributed by atoms with Gasteiger partial charge in [0.25, 0.3) is 0 Å². The third-order valence-corrected chi connectivity index (χ3v) is 3.27. The lowest BCUT2D eigenvalue weighted by atomic mass is 9.89. The molecule has 0 spiro atoms. The molecule has 0 amide bonds. The summed E-state index contributed by atoms with van der Waals surface area (Å²) in [4.78, 5) is 11.2. The van der Waals surface area contributed by atoms with Crippen molar-refractivity contribution in [3.05, 3.63) is 65.2 Å². The second kappa shape index (κ2) is 5.57. The van der Waals surface area contributed by atoms with Crippen LogP contribution in [0.25, 0.3) is 0 Å². The molecule has 0 fully saturated rings. The van der Waals surface area contributed by atoms with Crippen LogP contribution in [-0.2, 0) is 0 Å². The number of ether oxygens (including phenoxy) is 1. The van der Waals surface area contributed by atoms with Crippen LogP contribution in [0.2, 0.25) is 0 Å². The van der Waals surface area contributed by atoms with Gasteiger partial charge in [-0.1, -0.05) is 37.3 Å². The Morgan fingerprint density at radius 3 is 2.32 bits per heavy atom. The van der Waals surface area contributed by atoms with Gasteiger partial charge in [0.05, 0.1) is 12.7 Å². The van der Waals surface area contributed by atoms with Crippen LogP contribution in [0, 0.1) is 0 Å². The van der Waals surface area contributed by atoms with Gasteiger partial charge in [0.2, 0.25) is 0 Å². The topological polar surface area (TPSA) is 46.5 Å². The maximum absolute atomic E-state index is 11.2. The van der Waals surface area contributed by atoms with Crippen LogP contribution in [0.1, 0.15) is 34.3 Å². The van der Waals surface area contributed by atoms with Gasteiger partial charge < -0.3 is 9.84 Å². The zero-order valence-electron chi connectivity index (χ0n) is 11.0. The Hall–Kier alpha value is -2.29. The van der Waals surface area contributed by atoms with Gasteiger partial charge in [-0.2, -0.15) is 0 Å². The Bertz CT molecular complexity index is 573. The van der Waals surface area contributed by atoms with Crippen molar-refractivity contribution in [1.29, 1.82) is 0 Å². The minimum atomic E-state index is -0.893. The van der Waals surface area contributed by atoms with E-state index in [0.717, 1.165) is 16.9 Å². The first-order valence-corrected chi connectivity index (χ1v) is 6.09. The summed E-state index contributed by atoms with van der Waals surface area (Å²) in [5.41, 5.74) is 2.24. The molecule has 0 heterocycles. The highest BCUT2D eigenvalue weighted by Gasteiger charge is 2.16. The number of rotatable bonds is 4. The van der Waals surface area contributed by atoms with E-state index in [0.29, 0.717) is 5.56 Å². The second-order valence-corrected chi connectivity index (χ2v) is 4.39. The molecule has 3 heteroatoms. The van der Waals surface area contributed by atoms with Crippen molar-refractivity contribution >= 4 is 5.97 Å². The van der Waals surface area contributed by atoms with Crippen LogP contribution in [-0.4, -0.2) is 18.2 Å². The summed E-state index contributed by atoms with van der Waals surface area (Å²) in [5, 5.41) is 9.22. The maximum atomic E-state index is 11.2. The Morgan fingerprint density at radius 1 is 1.11 bits per heavy atom. The molecule has 0 saturated carbocycles. The molecule has 3 nitrogen and oxygen atoms in total. The van der Waals surface area contributed by atoms with E-state index >= 15 is 0 Å². The van der Waals surface area contributed by atoms with Gasteiger partial charge in [-0.05, 0) is 29.3 Å². The number of benzene rings is 2. The van der Waals surface area contributed by atoms with Crippen LogP contribution in [0.5, 0.6) is 5.75 Å². The Morgan fingerprint density at radius 2 is 1.74 bits per heavy atom. The fourth-order valence-electron chi connectivity index (χ4n) is 2.14.